The largest absolute Gasteiger partial charge is 0.344 e. The average Bonchev–Trinajstić information content (AvgIpc) is 2.74. The van der Waals surface area contributed by atoms with Crippen LogP contribution >= 0.6 is 22.6 Å². The number of hydrogen-bond donors (Lipinski definition) is 2. The average molecular weight is 317 g/mol. The summed E-state index contributed by atoms with van der Waals surface area (Å²) in [5.74, 6) is 1.13. The fourth-order valence-corrected chi connectivity index (χ4v) is 1.28. The third-order valence-corrected chi connectivity index (χ3v) is 2.27. The predicted molar refractivity (Wildman–Crippen MR) is 61.0 cm³/mol. The molecule has 0 saturated carbocycles. The summed E-state index contributed by atoms with van der Waals surface area (Å²) >= 11 is 2.15. The maximum Gasteiger partial charge on any atom is 0.223 e. The highest BCUT2D eigenvalue weighted by atomic mass is 127. The molecule has 0 saturated heterocycles. The van der Waals surface area contributed by atoms with Gasteiger partial charge in [-0.15, -0.1) is 10.2 Å². The van der Waals surface area contributed by atoms with Crippen LogP contribution in [0.5, 0.6) is 0 Å². The van der Waals surface area contributed by atoms with Crippen LogP contribution in [0.4, 0.5) is 5.95 Å². The number of hydrogen-bond acceptors (Lipinski definition) is 6. The van der Waals surface area contributed by atoms with Gasteiger partial charge in [0.15, 0.2) is 5.82 Å². The maximum atomic E-state index is 4.11. The highest BCUT2D eigenvalue weighted by molar-refractivity contribution is 14.1. The number of rotatable bonds is 3. The molecule has 0 aliphatic heterocycles. The normalized spacial score (nSPS) is 12.4. The van der Waals surface area contributed by atoms with Crippen LogP contribution < -0.4 is 5.32 Å². The standard InChI is InChI=1S/C7H8IN7/c1-4(6-12-14-15-13-6)11-7-9-2-5(8)3-10-7/h2-4H,1H3,(H,9,10,11)(H,12,13,14,15). The van der Waals surface area contributed by atoms with Crippen molar-refractivity contribution in [1.82, 2.24) is 30.6 Å². The zero-order valence-corrected chi connectivity index (χ0v) is 10.0. The number of aromatic nitrogens is 6. The van der Waals surface area contributed by atoms with E-state index in [0.717, 1.165) is 3.57 Å². The molecule has 2 aromatic rings. The van der Waals surface area contributed by atoms with Gasteiger partial charge in [0.05, 0.1) is 6.04 Å². The van der Waals surface area contributed by atoms with Gasteiger partial charge in [-0.05, 0) is 29.5 Å². The van der Waals surface area contributed by atoms with Crippen molar-refractivity contribution in [3.05, 3.63) is 21.8 Å². The topological polar surface area (TPSA) is 92.3 Å². The summed E-state index contributed by atoms with van der Waals surface area (Å²) in [6, 6.07) is -0.0798. The monoisotopic (exact) mass is 317 g/mol. The van der Waals surface area contributed by atoms with E-state index < -0.39 is 0 Å². The Hall–Kier alpha value is -1.32. The summed E-state index contributed by atoms with van der Waals surface area (Å²) in [6.45, 7) is 1.91. The second-order valence-corrected chi connectivity index (χ2v) is 4.11. The lowest BCUT2D eigenvalue weighted by Gasteiger charge is -2.08. The highest BCUT2D eigenvalue weighted by Crippen LogP contribution is 2.11. The third kappa shape index (κ3) is 2.58. The van der Waals surface area contributed by atoms with Crippen molar-refractivity contribution < 1.29 is 0 Å². The molecular formula is C7H8IN7. The molecular weight excluding hydrogens is 309 g/mol. The summed E-state index contributed by atoms with van der Waals surface area (Å²) in [5, 5.41) is 16.7. The molecule has 8 heteroatoms. The first kappa shape index (κ1) is 10.2. The lowest BCUT2D eigenvalue weighted by atomic mass is 10.3. The molecule has 0 radical (unpaired) electrons. The summed E-state index contributed by atoms with van der Waals surface area (Å²) in [4.78, 5) is 8.22. The van der Waals surface area contributed by atoms with Crippen LogP contribution in [0.2, 0.25) is 0 Å². The SMILES string of the molecule is CC(Nc1ncc(I)cn1)c1nn[nH]n1. The minimum Gasteiger partial charge on any atom is -0.344 e. The second-order valence-electron chi connectivity index (χ2n) is 2.86. The minimum atomic E-state index is -0.0798. The minimum absolute atomic E-state index is 0.0798. The lowest BCUT2D eigenvalue weighted by Crippen LogP contribution is -2.10. The second kappa shape index (κ2) is 4.47. The van der Waals surface area contributed by atoms with Crippen LogP contribution in [0.25, 0.3) is 0 Å². The van der Waals surface area contributed by atoms with Crippen molar-refractivity contribution >= 4 is 28.5 Å². The lowest BCUT2D eigenvalue weighted by molar-refractivity contribution is 0.780. The molecule has 15 heavy (non-hydrogen) atoms. The van der Waals surface area contributed by atoms with Gasteiger partial charge in [0.2, 0.25) is 5.95 Å². The van der Waals surface area contributed by atoms with E-state index in [0.29, 0.717) is 11.8 Å². The number of tetrazole rings is 1. The van der Waals surface area contributed by atoms with Crippen molar-refractivity contribution in [3.63, 3.8) is 0 Å². The molecule has 2 rings (SSSR count). The molecule has 0 aromatic carbocycles. The Labute approximate surface area is 99.2 Å². The molecule has 0 amide bonds. The first-order valence-electron chi connectivity index (χ1n) is 4.23. The van der Waals surface area contributed by atoms with E-state index in [1.54, 1.807) is 12.4 Å². The van der Waals surface area contributed by atoms with Gasteiger partial charge in [-0.3, -0.25) is 0 Å². The van der Waals surface area contributed by atoms with E-state index in [4.69, 9.17) is 0 Å². The number of H-pyrrole nitrogens is 1. The Morgan fingerprint density at radius 1 is 1.40 bits per heavy atom. The number of nitrogens with zero attached hydrogens (tertiary/aromatic N) is 5. The zero-order chi connectivity index (χ0) is 10.7. The Balaban J connectivity index is 2.06. The summed E-state index contributed by atoms with van der Waals surface area (Å²) in [7, 11) is 0. The van der Waals surface area contributed by atoms with Gasteiger partial charge in [0, 0.05) is 16.0 Å². The first-order valence-corrected chi connectivity index (χ1v) is 5.31. The van der Waals surface area contributed by atoms with Crippen LogP contribution in [0.1, 0.15) is 18.8 Å². The van der Waals surface area contributed by atoms with Crippen molar-refractivity contribution in [3.8, 4) is 0 Å². The van der Waals surface area contributed by atoms with Crippen molar-refractivity contribution in [2.45, 2.75) is 13.0 Å². The van der Waals surface area contributed by atoms with Crippen LogP contribution in [0.15, 0.2) is 12.4 Å². The van der Waals surface area contributed by atoms with E-state index in [-0.39, 0.29) is 6.04 Å². The first-order chi connectivity index (χ1) is 7.25. The molecule has 78 valence electrons. The zero-order valence-electron chi connectivity index (χ0n) is 7.85. The molecule has 2 N–H and O–H groups in total. The van der Waals surface area contributed by atoms with Gasteiger partial charge in [-0.2, -0.15) is 5.21 Å². The highest BCUT2D eigenvalue weighted by Gasteiger charge is 2.10. The van der Waals surface area contributed by atoms with Gasteiger partial charge in [-0.25, -0.2) is 9.97 Å². The van der Waals surface area contributed by atoms with Gasteiger partial charge in [0.25, 0.3) is 0 Å². The molecule has 2 heterocycles. The third-order valence-electron chi connectivity index (χ3n) is 1.71. The van der Waals surface area contributed by atoms with E-state index >= 15 is 0 Å². The number of halogens is 1. The number of nitrogens with one attached hydrogen (secondary N) is 2. The number of anilines is 1. The molecule has 0 spiro atoms. The fourth-order valence-electron chi connectivity index (χ4n) is 0.998. The molecule has 0 bridgehead atoms. The van der Waals surface area contributed by atoms with Gasteiger partial charge in [0.1, 0.15) is 0 Å². The van der Waals surface area contributed by atoms with Gasteiger partial charge < -0.3 is 5.32 Å². The molecule has 0 fully saturated rings. The van der Waals surface area contributed by atoms with Gasteiger partial charge >= 0.3 is 0 Å². The Kier molecular flexibility index (Phi) is 3.04. The van der Waals surface area contributed by atoms with Crippen LogP contribution in [-0.4, -0.2) is 30.6 Å². The van der Waals surface area contributed by atoms with Crippen LogP contribution in [0, 0.1) is 3.57 Å². The summed E-state index contributed by atoms with van der Waals surface area (Å²) < 4.78 is 0.991. The van der Waals surface area contributed by atoms with Gasteiger partial charge in [-0.1, -0.05) is 5.21 Å². The van der Waals surface area contributed by atoms with E-state index in [9.17, 15) is 0 Å². The molecule has 0 aliphatic carbocycles. The Morgan fingerprint density at radius 3 is 2.73 bits per heavy atom. The van der Waals surface area contributed by atoms with Crippen molar-refractivity contribution in [2.24, 2.45) is 0 Å². The molecule has 2 aromatic heterocycles. The molecule has 1 unspecified atom stereocenters. The van der Waals surface area contributed by atoms with Crippen LogP contribution in [0.3, 0.4) is 0 Å². The van der Waals surface area contributed by atoms with E-state index in [2.05, 4.69) is 58.5 Å². The quantitative estimate of drug-likeness (QED) is 0.812. The Morgan fingerprint density at radius 2 is 2.13 bits per heavy atom. The summed E-state index contributed by atoms with van der Waals surface area (Å²) in [6.07, 6.45) is 3.47. The molecule has 1 atom stereocenters. The van der Waals surface area contributed by atoms with Crippen molar-refractivity contribution in [2.75, 3.05) is 5.32 Å². The smallest absolute Gasteiger partial charge is 0.223 e. The maximum absolute atomic E-state index is 4.11. The molecule has 0 aliphatic rings. The predicted octanol–water partition coefficient (Wildman–Crippen LogP) is 0.767. The molecule has 7 nitrogen and oxygen atoms in total. The van der Waals surface area contributed by atoms with Crippen LogP contribution in [-0.2, 0) is 0 Å². The van der Waals surface area contributed by atoms with E-state index in [1.165, 1.54) is 0 Å². The fraction of sp³-hybridized carbons (Fsp3) is 0.286. The van der Waals surface area contributed by atoms with Crippen molar-refractivity contribution in [1.29, 1.82) is 0 Å². The van der Waals surface area contributed by atoms with E-state index in [1.807, 2.05) is 6.92 Å². The summed E-state index contributed by atoms with van der Waals surface area (Å²) in [5.41, 5.74) is 0. The number of aromatic amines is 1. The Bertz CT molecular complexity index is 411.